The molecule has 0 bridgehead atoms. The number of aromatic nitrogens is 2. The maximum atomic E-state index is 9.33. The van der Waals surface area contributed by atoms with E-state index in [1.807, 2.05) is 11.8 Å². The molecule has 0 saturated carbocycles. The Kier molecular flexibility index (Phi) is 4.38. The molecular weight excluding hydrogens is 250 g/mol. The molecule has 1 saturated heterocycles. The van der Waals surface area contributed by atoms with Gasteiger partial charge in [0.1, 0.15) is 12.0 Å². The first kappa shape index (κ1) is 14.2. The molecule has 1 aliphatic rings. The van der Waals surface area contributed by atoms with Crippen LogP contribution in [0.3, 0.4) is 0 Å². The summed E-state index contributed by atoms with van der Waals surface area (Å²) >= 11 is 0. The summed E-state index contributed by atoms with van der Waals surface area (Å²) in [4.78, 5) is 1.87. The third-order valence-corrected chi connectivity index (χ3v) is 3.65. The molecule has 2 heterocycles. The molecule has 2 rings (SSSR count). The van der Waals surface area contributed by atoms with Gasteiger partial charge in [-0.2, -0.15) is 5.10 Å². The lowest BCUT2D eigenvalue weighted by molar-refractivity contribution is -0.268. The Hall–Kier alpha value is -1.19. The van der Waals surface area contributed by atoms with Gasteiger partial charge in [-0.25, -0.2) is 0 Å². The summed E-state index contributed by atoms with van der Waals surface area (Å²) in [6, 6.07) is 0. The lowest BCUT2D eigenvalue weighted by Gasteiger charge is -2.48. The van der Waals surface area contributed by atoms with E-state index in [4.69, 9.17) is 21.3 Å². The average molecular weight is 271 g/mol. The van der Waals surface area contributed by atoms with Gasteiger partial charge in [0.15, 0.2) is 0 Å². The molecular formula is C11H21N5O3. The number of hydrogen-bond acceptors (Lipinski definition) is 7. The largest absolute Gasteiger partial charge is 0.396 e. The number of ether oxygens (including phenoxy) is 1. The Morgan fingerprint density at radius 2 is 2.16 bits per heavy atom. The number of nitrogens with zero attached hydrogens (tertiary/aromatic N) is 2. The number of aliphatic hydroxyl groups excluding tert-OH is 2. The Labute approximate surface area is 111 Å². The van der Waals surface area contributed by atoms with Crippen LogP contribution in [-0.2, 0) is 11.3 Å². The van der Waals surface area contributed by atoms with Crippen LogP contribution in [0.4, 0.5) is 5.82 Å². The van der Waals surface area contributed by atoms with E-state index in [2.05, 4.69) is 10.2 Å². The zero-order valence-electron chi connectivity index (χ0n) is 10.9. The van der Waals surface area contributed by atoms with Crippen LogP contribution in [0.5, 0.6) is 0 Å². The van der Waals surface area contributed by atoms with Crippen molar-refractivity contribution in [3.63, 3.8) is 0 Å². The number of nitrogens with two attached hydrogens (primary N) is 2. The molecule has 0 aromatic carbocycles. The lowest BCUT2D eigenvalue weighted by atomic mass is 9.94. The van der Waals surface area contributed by atoms with Gasteiger partial charge in [-0.1, -0.05) is 0 Å². The van der Waals surface area contributed by atoms with Crippen molar-refractivity contribution in [2.75, 3.05) is 25.6 Å². The zero-order valence-corrected chi connectivity index (χ0v) is 10.9. The standard InChI is InChI=1S/C11H21N5O3/c1-6-8(14-15-10(6)13)2-16(5-12)11-7(3-17)9(4-18)19-11/h7,9,11,17-18H,2-5,12H2,1H3,(H3,13,14,15). The van der Waals surface area contributed by atoms with Crippen LogP contribution >= 0.6 is 0 Å². The van der Waals surface area contributed by atoms with E-state index in [0.29, 0.717) is 12.4 Å². The van der Waals surface area contributed by atoms with Crippen molar-refractivity contribution >= 4 is 5.82 Å². The minimum absolute atomic E-state index is 0.0451. The number of hydrogen-bond donors (Lipinski definition) is 5. The highest BCUT2D eigenvalue weighted by molar-refractivity contribution is 5.40. The fourth-order valence-electron chi connectivity index (χ4n) is 2.28. The van der Waals surface area contributed by atoms with E-state index >= 15 is 0 Å². The Bertz CT molecular complexity index is 424. The number of anilines is 1. The second kappa shape index (κ2) is 5.85. The highest BCUT2D eigenvalue weighted by Crippen LogP contribution is 2.31. The van der Waals surface area contributed by atoms with Crippen LogP contribution in [-0.4, -0.2) is 57.5 Å². The van der Waals surface area contributed by atoms with E-state index < -0.39 is 0 Å². The molecule has 1 fully saturated rings. The Morgan fingerprint density at radius 1 is 1.42 bits per heavy atom. The molecule has 0 aliphatic carbocycles. The number of H-pyrrole nitrogens is 1. The van der Waals surface area contributed by atoms with Crippen molar-refractivity contribution in [3.05, 3.63) is 11.3 Å². The second-order valence-corrected chi connectivity index (χ2v) is 4.74. The summed E-state index contributed by atoms with van der Waals surface area (Å²) in [5, 5.41) is 25.2. The summed E-state index contributed by atoms with van der Waals surface area (Å²) in [6.45, 7) is 2.51. The van der Waals surface area contributed by atoms with Gasteiger partial charge in [0, 0.05) is 18.8 Å². The van der Waals surface area contributed by atoms with Gasteiger partial charge in [-0.3, -0.25) is 10.00 Å². The molecule has 1 aromatic heterocycles. The topological polar surface area (TPSA) is 134 Å². The zero-order chi connectivity index (χ0) is 14.0. The minimum atomic E-state index is -0.322. The number of aliphatic hydroxyl groups is 2. The van der Waals surface area contributed by atoms with Gasteiger partial charge in [0.25, 0.3) is 0 Å². The maximum Gasteiger partial charge on any atom is 0.148 e. The molecule has 8 heteroatoms. The first-order valence-corrected chi connectivity index (χ1v) is 6.23. The summed E-state index contributed by atoms with van der Waals surface area (Å²) in [6.07, 6.45) is -0.618. The third kappa shape index (κ3) is 2.58. The number of rotatable bonds is 6. The van der Waals surface area contributed by atoms with Crippen LogP contribution in [0.1, 0.15) is 11.3 Å². The quantitative estimate of drug-likeness (QED) is 0.391. The van der Waals surface area contributed by atoms with Crippen molar-refractivity contribution in [3.8, 4) is 0 Å². The molecule has 0 spiro atoms. The van der Waals surface area contributed by atoms with E-state index in [1.165, 1.54) is 0 Å². The van der Waals surface area contributed by atoms with Crippen molar-refractivity contribution in [1.82, 2.24) is 15.1 Å². The lowest BCUT2D eigenvalue weighted by Crippen LogP contribution is -2.61. The maximum absolute atomic E-state index is 9.33. The first-order chi connectivity index (χ1) is 9.12. The fraction of sp³-hybridized carbons (Fsp3) is 0.727. The van der Waals surface area contributed by atoms with E-state index in [-0.39, 0.29) is 38.1 Å². The average Bonchev–Trinajstić information content (AvgIpc) is 2.69. The summed E-state index contributed by atoms with van der Waals surface area (Å²) < 4.78 is 5.53. The van der Waals surface area contributed by atoms with Crippen molar-refractivity contribution < 1.29 is 14.9 Å². The molecule has 0 amide bonds. The molecule has 7 N–H and O–H groups in total. The first-order valence-electron chi connectivity index (χ1n) is 6.23. The molecule has 1 aliphatic heterocycles. The molecule has 108 valence electrons. The van der Waals surface area contributed by atoms with E-state index in [1.54, 1.807) is 0 Å². The summed E-state index contributed by atoms with van der Waals surface area (Å²) in [5.41, 5.74) is 13.2. The van der Waals surface area contributed by atoms with E-state index in [9.17, 15) is 5.11 Å². The molecule has 3 unspecified atom stereocenters. The molecule has 0 radical (unpaired) electrons. The van der Waals surface area contributed by atoms with Crippen LogP contribution < -0.4 is 11.5 Å². The summed E-state index contributed by atoms with van der Waals surface area (Å²) in [5.74, 6) is 0.336. The summed E-state index contributed by atoms with van der Waals surface area (Å²) in [7, 11) is 0. The highest BCUT2D eigenvalue weighted by Gasteiger charge is 2.44. The SMILES string of the molecule is Cc1c(N)n[nH]c1CN(CN)C1OC(CO)C1CO. The predicted octanol–water partition coefficient (Wildman–Crippen LogP) is -1.66. The van der Waals surface area contributed by atoms with Gasteiger partial charge in [0.05, 0.1) is 30.9 Å². The van der Waals surface area contributed by atoms with Gasteiger partial charge in [-0.05, 0) is 6.92 Å². The number of nitrogens with one attached hydrogen (secondary N) is 1. The van der Waals surface area contributed by atoms with Crippen LogP contribution in [0.2, 0.25) is 0 Å². The normalized spacial score (nSPS) is 26.7. The van der Waals surface area contributed by atoms with Gasteiger partial charge < -0.3 is 26.4 Å². The van der Waals surface area contributed by atoms with Crippen molar-refractivity contribution in [2.45, 2.75) is 25.8 Å². The van der Waals surface area contributed by atoms with Crippen LogP contribution in [0.15, 0.2) is 0 Å². The van der Waals surface area contributed by atoms with Crippen LogP contribution in [0, 0.1) is 12.8 Å². The second-order valence-electron chi connectivity index (χ2n) is 4.74. The fourth-order valence-corrected chi connectivity index (χ4v) is 2.28. The number of nitrogen functional groups attached to an aromatic ring is 1. The van der Waals surface area contributed by atoms with E-state index in [0.717, 1.165) is 11.3 Å². The van der Waals surface area contributed by atoms with Gasteiger partial charge in [0.2, 0.25) is 0 Å². The van der Waals surface area contributed by atoms with Gasteiger partial charge >= 0.3 is 0 Å². The Balaban J connectivity index is 2.03. The van der Waals surface area contributed by atoms with Crippen molar-refractivity contribution in [2.24, 2.45) is 11.7 Å². The smallest absolute Gasteiger partial charge is 0.148 e. The number of aromatic amines is 1. The van der Waals surface area contributed by atoms with Crippen LogP contribution in [0.25, 0.3) is 0 Å². The molecule has 8 nitrogen and oxygen atoms in total. The third-order valence-electron chi connectivity index (χ3n) is 3.65. The monoisotopic (exact) mass is 271 g/mol. The highest BCUT2D eigenvalue weighted by atomic mass is 16.6. The molecule has 1 aromatic rings. The minimum Gasteiger partial charge on any atom is -0.396 e. The van der Waals surface area contributed by atoms with Gasteiger partial charge in [-0.15, -0.1) is 0 Å². The van der Waals surface area contributed by atoms with Crippen molar-refractivity contribution in [1.29, 1.82) is 0 Å². The molecule has 19 heavy (non-hydrogen) atoms. The predicted molar refractivity (Wildman–Crippen MR) is 68.7 cm³/mol. The Morgan fingerprint density at radius 3 is 2.63 bits per heavy atom. The molecule has 3 atom stereocenters.